The third-order valence-corrected chi connectivity index (χ3v) is 4.94. The first kappa shape index (κ1) is 19.0. The Balaban J connectivity index is 1.68. The predicted octanol–water partition coefficient (Wildman–Crippen LogP) is 4.37. The number of halogens is 1. The molecule has 146 valence electrons. The summed E-state index contributed by atoms with van der Waals surface area (Å²) in [6, 6.07) is 17.6. The van der Waals surface area contributed by atoms with Crippen molar-refractivity contribution in [3.63, 3.8) is 0 Å². The van der Waals surface area contributed by atoms with Crippen LogP contribution in [0.1, 0.15) is 24.1 Å². The molecule has 0 aliphatic heterocycles. The van der Waals surface area contributed by atoms with Crippen LogP contribution in [0.4, 0.5) is 5.95 Å². The highest BCUT2D eigenvalue weighted by Crippen LogP contribution is 2.21. The number of aromatic hydroxyl groups is 1. The summed E-state index contributed by atoms with van der Waals surface area (Å²) < 4.78 is 1.57. The van der Waals surface area contributed by atoms with Crippen molar-refractivity contribution in [2.75, 3.05) is 5.32 Å². The van der Waals surface area contributed by atoms with Gasteiger partial charge in [-0.25, -0.2) is 4.98 Å². The van der Waals surface area contributed by atoms with Gasteiger partial charge in [-0.3, -0.25) is 9.36 Å². The Morgan fingerprint density at radius 3 is 2.69 bits per heavy atom. The fraction of sp³-hybridized carbons (Fsp3) is 0.136. The van der Waals surface area contributed by atoms with Crippen LogP contribution in [0.2, 0.25) is 5.02 Å². The maximum absolute atomic E-state index is 12.5. The molecule has 4 rings (SSSR count). The number of benzene rings is 2. The summed E-state index contributed by atoms with van der Waals surface area (Å²) in [6.45, 7) is 2.30. The van der Waals surface area contributed by atoms with E-state index in [-0.39, 0.29) is 17.4 Å². The van der Waals surface area contributed by atoms with Gasteiger partial charge in [0.05, 0.1) is 12.6 Å². The van der Waals surface area contributed by atoms with Gasteiger partial charge in [0, 0.05) is 22.7 Å². The quantitative estimate of drug-likeness (QED) is 0.514. The Hall–Kier alpha value is -3.38. The van der Waals surface area contributed by atoms with Crippen LogP contribution in [0.15, 0.2) is 71.7 Å². The Morgan fingerprint density at radius 1 is 1.14 bits per heavy atom. The second kappa shape index (κ2) is 7.93. The number of rotatable bonds is 5. The average molecular weight is 407 g/mol. The van der Waals surface area contributed by atoms with Gasteiger partial charge in [0.1, 0.15) is 11.4 Å². The van der Waals surface area contributed by atoms with E-state index in [1.165, 1.54) is 6.07 Å². The molecule has 7 heteroatoms. The molecule has 4 aromatic rings. The van der Waals surface area contributed by atoms with E-state index in [0.29, 0.717) is 23.2 Å². The molecule has 2 N–H and O–H groups in total. The Bertz CT molecular complexity index is 1220. The zero-order chi connectivity index (χ0) is 20.4. The number of phenolic OH excluding ortho intramolecular Hbond substituents is 1. The van der Waals surface area contributed by atoms with Gasteiger partial charge < -0.3 is 10.4 Å². The van der Waals surface area contributed by atoms with Crippen LogP contribution in [0.25, 0.3) is 11.0 Å². The van der Waals surface area contributed by atoms with E-state index in [1.807, 2.05) is 37.3 Å². The largest absolute Gasteiger partial charge is 0.508 e. The van der Waals surface area contributed by atoms with Crippen molar-refractivity contribution in [2.24, 2.45) is 0 Å². The van der Waals surface area contributed by atoms with Crippen LogP contribution in [0.3, 0.4) is 0 Å². The summed E-state index contributed by atoms with van der Waals surface area (Å²) in [7, 11) is 0. The highest BCUT2D eigenvalue weighted by molar-refractivity contribution is 6.30. The van der Waals surface area contributed by atoms with Crippen molar-refractivity contribution in [3.8, 4) is 5.75 Å². The van der Waals surface area contributed by atoms with Gasteiger partial charge in [-0.15, -0.1) is 0 Å². The van der Waals surface area contributed by atoms with Gasteiger partial charge in [-0.2, -0.15) is 4.98 Å². The van der Waals surface area contributed by atoms with Gasteiger partial charge in [0.25, 0.3) is 5.56 Å². The lowest BCUT2D eigenvalue weighted by molar-refractivity contribution is 0.474. The van der Waals surface area contributed by atoms with E-state index in [4.69, 9.17) is 11.6 Å². The molecule has 2 heterocycles. The molecular weight excluding hydrogens is 388 g/mol. The number of hydrogen-bond donors (Lipinski definition) is 2. The average Bonchev–Trinajstić information content (AvgIpc) is 2.71. The second-order valence-corrected chi connectivity index (χ2v) is 7.25. The molecule has 0 aliphatic carbocycles. The lowest BCUT2D eigenvalue weighted by atomic mass is 10.1. The van der Waals surface area contributed by atoms with E-state index in [2.05, 4.69) is 15.3 Å². The zero-order valence-corrected chi connectivity index (χ0v) is 16.5. The minimum Gasteiger partial charge on any atom is -0.508 e. The molecule has 6 nitrogen and oxygen atoms in total. The monoisotopic (exact) mass is 406 g/mol. The van der Waals surface area contributed by atoms with Crippen LogP contribution < -0.4 is 10.9 Å². The first-order valence-electron chi connectivity index (χ1n) is 9.16. The summed E-state index contributed by atoms with van der Waals surface area (Å²) in [4.78, 5) is 21.5. The zero-order valence-electron chi connectivity index (χ0n) is 15.7. The first-order chi connectivity index (χ1) is 14.0. The minimum absolute atomic E-state index is 0.0420. The number of fused-ring (bicyclic) bond motifs is 1. The Kier molecular flexibility index (Phi) is 5.18. The van der Waals surface area contributed by atoms with Crippen LogP contribution >= 0.6 is 11.6 Å². The lowest BCUT2D eigenvalue weighted by Gasteiger charge is -2.15. The number of aromatic nitrogens is 3. The molecule has 0 unspecified atom stereocenters. The van der Waals surface area contributed by atoms with Crippen LogP contribution in [-0.2, 0) is 6.54 Å². The van der Waals surface area contributed by atoms with Gasteiger partial charge >= 0.3 is 0 Å². The molecule has 0 radical (unpaired) electrons. The summed E-state index contributed by atoms with van der Waals surface area (Å²) in [5.41, 5.74) is 2.21. The van der Waals surface area contributed by atoms with E-state index in [0.717, 1.165) is 16.5 Å². The van der Waals surface area contributed by atoms with E-state index < -0.39 is 0 Å². The van der Waals surface area contributed by atoms with E-state index in [1.54, 1.807) is 35.0 Å². The number of nitrogens with zero attached hydrogens (tertiary/aromatic N) is 3. The summed E-state index contributed by atoms with van der Waals surface area (Å²) in [5.74, 6) is 0.583. The maximum Gasteiger partial charge on any atom is 0.252 e. The first-order valence-corrected chi connectivity index (χ1v) is 9.54. The maximum atomic E-state index is 12.5. The fourth-order valence-corrected chi connectivity index (χ4v) is 3.29. The van der Waals surface area contributed by atoms with Gasteiger partial charge in [-0.1, -0.05) is 35.9 Å². The van der Waals surface area contributed by atoms with Gasteiger partial charge in [-0.05, 0) is 48.4 Å². The van der Waals surface area contributed by atoms with Crippen molar-refractivity contribution in [2.45, 2.75) is 19.5 Å². The molecule has 0 bridgehead atoms. The van der Waals surface area contributed by atoms with Crippen LogP contribution in [0, 0.1) is 0 Å². The lowest BCUT2D eigenvalue weighted by Crippen LogP contribution is -2.21. The normalized spacial score (nSPS) is 12.1. The molecule has 0 saturated heterocycles. The van der Waals surface area contributed by atoms with Crippen molar-refractivity contribution >= 4 is 28.6 Å². The standard InChI is InChI=1S/C22H19ClN4O2/c1-14(16-5-8-18(23)9-6-16)25-22-24-12-17-7-10-20(29)27(21(17)26-22)13-15-3-2-4-19(28)11-15/h2-12,14,28H,13H2,1H3,(H,24,25,26)/t14-/m0/s1. The molecule has 0 fully saturated rings. The molecule has 0 saturated carbocycles. The smallest absolute Gasteiger partial charge is 0.252 e. The number of anilines is 1. The molecular formula is C22H19ClN4O2. The summed E-state index contributed by atoms with van der Waals surface area (Å²) in [5, 5.41) is 14.4. The molecule has 2 aromatic heterocycles. The van der Waals surface area contributed by atoms with Gasteiger partial charge in [0.2, 0.25) is 5.95 Å². The molecule has 29 heavy (non-hydrogen) atoms. The van der Waals surface area contributed by atoms with Crippen molar-refractivity contribution in [3.05, 3.63) is 93.4 Å². The Labute approximate surface area is 172 Å². The van der Waals surface area contributed by atoms with Crippen LogP contribution in [-0.4, -0.2) is 19.6 Å². The third kappa shape index (κ3) is 4.22. The SMILES string of the molecule is C[C@H](Nc1ncc2ccc(=O)n(Cc3cccc(O)c3)c2n1)c1ccc(Cl)cc1. The number of pyridine rings is 1. The highest BCUT2D eigenvalue weighted by Gasteiger charge is 2.11. The van der Waals surface area contributed by atoms with Crippen LogP contribution in [0.5, 0.6) is 5.75 Å². The second-order valence-electron chi connectivity index (χ2n) is 6.82. The third-order valence-electron chi connectivity index (χ3n) is 4.69. The summed E-state index contributed by atoms with van der Waals surface area (Å²) >= 11 is 5.96. The van der Waals surface area contributed by atoms with Crippen molar-refractivity contribution in [1.82, 2.24) is 14.5 Å². The fourth-order valence-electron chi connectivity index (χ4n) is 3.16. The van der Waals surface area contributed by atoms with Gasteiger partial charge in [0.15, 0.2) is 0 Å². The Morgan fingerprint density at radius 2 is 1.93 bits per heavy atom. The molecule has 0 aliphatic rings. The number of nitrogens with one attached hydrogen (secondary N) is 1. The van der Waals surface area contributed by atoms with E-state index in [9.17, 15) is 9.90 Å². The molecule has 2 aromatic carbocycles. The molecule has 1 atom stereocenters. The highest BCUT2D eigenvalue weighted by atomic mass is 35.5. The topological polar surface area (TPSA) is 80.0 Å². The molecule has 0 spiro atoms. The minimum atomic E-state index is -0.170. The number of phenols is 1. The van der Waals surface area contributed by atoms with Crippen molar-refractivity contribution in [1.29, 1.82) is 0 Å². The molecule has 0 amide bonds. The predicted molar refractivity (Wildman–Crippen MR) is 114 cm³/mol. The number of hydrogen-bond acceptors (Lipinski definition) is 5. The van der Waals surface area contributed by atoms with Crippen molar-refractivity contribution < 1.29 is 5.11 Å². The summed E-state index contributed by atoms with van der Waals surface area (Å²) in [6.07, 6.45) is 1.69. The van der Waals surface area contributed by atoms with E-state index >= 15 is 0 Å².